The summed E-state index contributed by atoms with van der Waals surface area (Å²) in [6.07, 6.45) is 1.07. The molecule has 0 spiro atoms. The molecule has 1 N–H and O–H groups in total. The summed E-state index contributed by atoms with van der Waals surface area (Å²) < 4.78 is 29.2. The van der Waals surface area contributed by atoms with E-state index in [4.69, 9.17) is 9.57 Å². The van der Waals surface area contributed by atoms with Crippen molar-refractivity contribution in [3.05, 3.63) is 34.4 Å². The Morgan fingerprint density at radius 2 is 1.89 bits per heavy atom. The summed E-state index contributed by atoms with van der Waals surface area (Å²) in [7, 11) is -0.771. The molecule has 0 unspecified atom stereocenters. The summed E-state index contributed by atoms with van der Waals surface area (Å²) in [5.74, 6) is -1.97. The van der Waals surface area contributed by atoms with Crippen LogP contribution < -0.4 is 0 Å². The number of aliphatic hydroxyl groups excluding tert-OH is 1. The number of rotatable bonds is 4. The molecule has 1 aromatic carbocycles. The molecule has 9 heteroatoms. The SMILES string of the molecule is COCc1c(S(C)(=O)=O)ccc(/C(O)=C2\C(=O)N(C)OC(C)(C)C2=O)c1C. The Kier molecular flexibility index (Phi) is 5.51. The van der Waals surface area contributed by atoms with E-state index in [0.29, 0.717) is 11.1 Å². The molecule has 2 rings (SSSR count). The van der Waals surface area contributed by atoms with Crippen molar-refractivity contribution >= 4 is 27.3 Å². The number of amides is 1. The van der Waals surface area contributed by atoms with E-state index in [1.54, 1.807) is 6.92 Å². The smallest absolute Gasteiger partial charge is 0.284 e. The van der Waals surface area contributed by atoms with Crippen LogP contribution in [0.5, 0.6) is 0 Å². The molecule has 0 bridgehead atoms. The van der Waals surface area contributed by atoms with Crippen LogP contribution in [-0.2, 0) is 35.6 Å². The second-order valence-corrected chi connectivity index (χ2v) is 8.86. The number of Topliss-reactive ketones (excluding diaryl/α,β-unsaturated/α-hetero) is 1. The summed E-state index contributed by atoms with van der Waals surface area (Å²) >= 11 is 0. The number of hydroxylamine groups is 2. The lowest BCUT2D eigenvalue weighted by Crippen LogP contribution is -2.52. The first-order chi connectivity index (χ1) is 12.3. The molecule has 1 aromatic rings. The summed E-state index contributed by atoms with van der Waals surface area (Å²) in [4.78, 5) is 30.4. The molecule has 1 heterocycles. The first-order valence-corrected chi connectivity index (χ1v) is 9.99. The normalized spacial score (nSPS) is 19.4. The van der Waals surface area contributed by atoms with Gasteiger partial charge >= 0.3 is 0 Å². The molecule has 1 aliphatic rings. The molecule has 1 amide bonds. The minimum Gasteiger partial charge on any atom is -0.506 e. The topological polar surface area (TPSA) is 110 Å². The second-order valence-electron chi connectivity index (χ2n) is 6.88. The Morgan fingerprint density at radius 1 is 1.30 bits per heavy atom. The van der Waals surface area contributed by atoms with Gasteiger partial charge in [-0.2, -0.15) is 0 Å². The van der Waals surface area contributed by atoms with Crippen LogP contribution in [-0.4, -0.2) is 56.3 Å². The third kappa shape index (κ3) is 3.76. The first kappa shape index (κ1) is 21.1. The number of ketones is 1. The molecule has 1 fully saturated rings. The van der Waals surface area contributed by atoms with Gasteiger partial charge in [-0.3, -0.25) is 14.4 Å². The van der Waals surface area contributed by atoms with Crippen molar-refractivity contribution in [1.82, 2.24) is 5.06 Å². The van der Waals surface area contributed by atoms with Crippen LogP contribution in [0.4, 0.5) is 0 Å². The number of benzene rings is 1. The summed E-state index contributed by atoms with van der Waals surface area (Å²) in [6, 6.07) is 2.70. The van der Waals surface area contributed by atoms with Crippen molar-refractivity contribution in [2.24, 2.45) is 0 Å². The van der Waals surface area contributed by atoms with Crippen molar-refractivity contribution in [3.8, 4) is 0 Å². The Balaban J connectivity index is 2.77. The summed E-state index contributed by atoms with van der Waals surface area (Å²) in [5, 5.41) is 11.7. The molecule has 0 saturated carbocycles. The Morgan fingerprint density at radius 3 is 2.41 bits per heavy atom. The number of ether oxygens (including phenoxy) is 1. The van der Waals surface area contributed by atoms with E-state index < -0.39 is 38.5 Å². The molecule has 8 nitrogen and oxygen atoms in total. The van der Waals surface area contributed by atoms with Crippen LogP contribution in [0.3, 0.4) is 0 Å². The second kappa shape index (κ2) is 7.06. The zero-order valence-corrected chi connectivity index (χ0v) is 16.9. The molecule has 0 aliphatic carbocycles. The van der Waals surface area contributed by atoms with Crippen LogP contribution in [0.15, 0.2) is 22.6 Å². The summed E-state index contributed by atoms with van der Waals surface area (Å²) in [6.45, 7) is 4.56. The van der Waals surface area contributed by atoms with Crippen molar-refractivity contribution in [1.29, 1.82) is 0 Å². The molecule has 0 radical (unpaired) electrons. The maximum absolute atomic E-state index is 12.7. The van der Waals surface area contributed by atoms with Gasteiger partial charge in [-0.15, -0.1) is 0 Å². The molecular formula is C18H23NO7S. The molecule has 148 valence electrons. The largest absolute Gasteiger partial charge is 0.506 e. The highest BCUT2D eigenvalue weighted by atomic mass is 32.2. The van der Waals surface area contributed by atoms with Gasteiger partial charge in [0.2, 0.25) is 5.78 Å². The molecule has 0 atom stereocenters. The van der Waals surface area contributed by atoms with Gasteiger partial charge in [0.1, 0.15) is 11.3 Å². The predicted molar refractivity (Wildman–Crippen MR) is 97.5 cm³/mol. The molecule has 27 heavy (non-hydrogen) atoms. The number of likely N-dealkylation sites (N-methyl/N-ethyl adjacent to an activating group) is 1. The Hall–Kier alpha value is -2.23. The highest BCUT2D eigenvalue weighted by Gasteiger charge is 2.45. The predicted octanol–water partition coefficient (Wildman–Crippen LogP) is 1.57. The highest BCUT2D eigenvalue weighted by molar-refractivity contribution is 7.90. The van der Waals surface area contributed by atoms with E-state index in [9.17, 15) is 23.1 Å². The summed E-state index contributed by atoms with van der Waals surface area (Å²) in [5.41, 5.74) is -0.812. The number of carbonyl (C=O) groups is 2. The van der Waals surface area contributed by atoms with E-state index in [0.717, 1.165) is 11.3 Å². The van der Waals surface area contributed by atoms with E-state index in [1.807, 2.05) is 0 Å². The minimum absolute atomic E-state index is 0.0128. The lowest BCUT2D eigenvalue weighted by Gasteiger charge is -2.35. The van der Waals surface area contributed by atoms with Gasteiger partial charge in [-0.25, -0.2) is 13.5 Å². The van der Waals surface area contributed by atoms with Crippen LogP contribution in [0, 0.1) is 6.92 Å². The van der Waals surface area contributed by atoms with Crippen LogP contribution in [0.25, 0.3) is 5.76 Å². The van der Waals surface area contributed by atoms with E-state index in [1.165, 1.54) is 40.1 Å². The maximum Gasteiger partial charge on any atom is 0.284 e. The highest BCUT2D eigenvalue weighted by Crippen LogP contribution is 2.33. The zero-order valence-electron chi connectivity index (χ0n) is 16.1. The Bertz CT molecular complexity index is 945. The monoisotopic (exact) mass is 397 g/mol. The van der Waals surface area contributed by atoms with Gasteiger partial charge in [-0.1, -0.05) is 0 Å². The fourth-order valence-electron chi connectivity index (χ4n) is 2.98. The number of sulfone groups is 1. The first-order valence-electron chi connectivity index (χ1n) is 8.10. The van der Waals surface area contributed by atoms with Crippen molar-refractivity contribution in [2.45, 2.75) is 37.9 Å². The zero-order chi connectivity index (χ0) is 20.7. The van der Waals surface area contributed by atoms with Crippen molar-refractivity contribution in [3.63, 3.8) is 0 Å². The van der Waals surface area contributed by atoms with Gasteiger partial charge in [0.05, 0.1) is 11.5 Å². The quantitative estimate of drug-likeness (QED) is 0.466. The average molecular weight is 397 g/mol. The van der Waals surface area contributed by atoms with Crippen LogP contribution >= 0.6 is 0 Å². The average Bonchev–Trinajstić information content (AvgIpc) is 2.53. The number of methoxy groups -OCH3 is 1. The van der Waals surface area contributed by atoms with Crippen LogP contribution in [0.1, 0.15) is 30.5 Å². The third-order valence-corrected chi connectivity index (χ3v) is 5.56. The number of hydrogen-bond donors (Lipinski definition) is 1. The number of carbonyl (C=O) groups excluding carboxylic acids is 2. The number of nitrogens with zero attached hydrogens (tertiary/aromatic N) is 1. The van der Waals surface area contributed by atoms with Gasteiger partial charge in [0.25, 0.3) is 5.91 Å². The fourth-order valence-corrected chi connectivity index (χ4v) is 3.96. The van der Waals surface area contributed by atoms with E-state index >= 15 is 0 Å². The third-order valence-electron chi connectivity index (χ3n) is 4.37. The lowest BCUT2D eigenvalue weighted by molar-refractivity contribution is -0.223. The Labute approximate surface area is 158 Å². The molecular weight excluding hydrogens is 374 g/mol. The van der Waals surface area contributed by atoms with Gasteiger partial charge in [0.15, 0.2) is 15.4 Å². The lowest BCUT2D eigenvalue weighted by atomic mass is 9.90. The number of hydrogen-bond acceptors (Lipinski definition) is 7. The van der Waals surface area contributed by atoms with Gasteiger partial charge in [-0.05, 0) is 44.0 Å². The van der Waals surface area contributed by atoms with Crippen molar-refractivity contribution < 1.29 is 32.7 Å². The number of aliphatic hydroxyl groups is 1. The van der Waals surface area contributed by atoms with E-state index in [2.05, 4.69) is 0 Å². The molecule has 1 saturated heterocycles. The van der Waals surface area contributed by atoms with E-state index in [-0.39, 0.29) is 17.1 Å². The molecule has 1 aliphatic heterocycles. The van der Waals surface area contributed by atoms with Crippen molar-refractivity contribution in [2.75, 3.05) is 20.4 Å². The minimum atomic E-state index is -3.53. The molecule has 0 aromatic heterocycles. The standard InChI is InChI=1S/C18H23NO7S/c1-10-11(7-8-13(27(6,23)24)12(10)9-25-5)15(20)14-16(21)18(2,3)26-19(4)17(14)22/h7-8,20H,9H2,1-6H3/b15-14+. The van der Waals surface area contributed by atoms with Crippen LogP contribution in [0.2, 0.25) is 0 Å². The maximum atomic E-state index is 12.7. The fraction of sp³-hybridized carbons (Fsp3) is 0.444. The van der Waals surface area contributed by atoms with Gasteiger partial charge < -0.3 is 9.84 Å². The van der Waals surface area contributed by atoms with Gasteiger partial charge in [0, 0.05) is 26.0 Å².